The SMILES string of the molecule is COC(=O)c1cn2c(n1)-c1cc(Br)ccc1OC(C(=O)NC(C)C)C2. The Kier molecular flexibility index (Phi) is 4.80. The number of halogens is 1. The molecule has 0 fully saturated rings. The van der Waals surface area contributed by atoms with E-state index in [1.54, 1.807) is 16.8 Å². The summed E-state index contributed by atoms with van der Waals surface area (Å²) < 4.78 is 13.3. The molecule has 8 heteroatoms. The van der Waals surface area contributed by atoms with Crippen LogP contribution >= 0.6 is 15.9 Å². The minimum Gasteiger partial charge on any atom is -0.478 e. The topological polar surface area (TPSA) is 82.5 Å². The van der Waals surface area contributed by atoms with Gasteiger partial charge in [0.2, 0.25) is 0 Å². The Hall–Kier alpha value is -2.35. The fourth-order valence-corrected chi connectivity index (χ4v) is 3.00. The molecule has 1 amide bonds. The number of aromatic nitrogens is 2. The van der Waals surface area contributed by atoms with Gasteiger partial charge in [-0.15, -0.1) is 0 Å². The fraction of sp³-hybridized carbons (Fsp3) is 0.353. The van der Waals surface area contributed by atoms with E-state index >= 15 is 0 Å². The van der Waals surface area contributed by atoms with Crippen LogP contribution in [0.15, 0.2) is 28.9 Å². The zero-order chi connectivity index (χ0) is 18.1. The summed E-state index contributed by atoms with van der Waals surface area (Å²) in [6.07, 6.45) is 0.846. The fourth-order valence-electron chi connectivity index (χ4n) is 2.64. The normalized spacial score (nSPS) is 15.6. The molecular formula is C17H18BrN3O4. The summed E-state index contributed by atoms with van der Waals surface area (Å²) in [5, 5.41) is 2.86. The third-order valence-electron chi connectivity index (χ3n) is 3.71. The van der Waals surface area contributed by atoms with Crippen LogP contribution < -0.4 is 10.1 Å². The quantitative estimate of drug-likeness (QED) is 0.789. The van der Waals surface area contributed by atoms with Crippen LogP contribution in [0, 0.1) is 0 Å². The number of fused-ring (bicyclic) bond motifs is 3. The van der Waals surface area contributed by atoms with E-state index in [2.05, 4.69) is 26.2 Å². The van der Waals surface area contributed by atoms with Gasteiger partial charge in [0.1, 0.15) is 11.6 Å². The Bertz CT molecular complexity index is 831. The first kappa shape index (κ1) is 17.5. The lowest BCUT2D eigenvalue weighted by Crippen LogP contribution is -2.43. The molecule has 1 aromatic heterocycles. The van der Waals surface area contributed by atoms with E-state index in [1.807, 2.05) is 26.0 Å². The van der Waals surface area contributed by atoms with Crippen LogP contribution in [-0.2, 0) is 16.1 Å². The second-order valence-electron chi connectivity index (χ2n) is 6.00. The lowest BCUT2D eigenvalue weighted by atomic mass is 10.2. The molecule has 1 aromatic carbocycles. The second kappa shape index (κ2) is 6.87. The van der Waals surface area contributed by atoms with Crippen molar-refractivity contribution in [3.63, 3.8) is 0 Å². The highest BCUT2D eigenvalue weighted by Gasteiger charge is 2.30. The van der Waals surface area contributed by atoms with E-state index in [9.17, 15) is 9.59 Å². The van der Waals surface area contributed by atoms with Gasteiger partial charge in [0, 0.05) is 16.7 Å². The maximum Gasteiger partial charge on any atom is 0.358 e. The van der Waals surface area contributed by atoms with Crippen molar-refractivity contribution in [1.29, 1.82) is 0 Å². The summed E-state index contributed by atoms with van der Waals surface area (Å²) in [7, 11) is 1.30. The number of amides is 1. The molecule has 1 atom stereocenters. The first-order chi connectivity index (χ1) is 11.9. The molecular weight excluding hydrogens is 390 g/mol. The smallest absolute Gasteiger partial charge is 0.358 e. The van der Waals surface area contributed by atoms with Crippen LogP contribution in [-0.4, -0.2) is 40.7 Å². The van der Waals surface area contributed by atoms with E-state index in [1.165, 1.54) is 7.11 Å². The van der Waals surface area contributed by atoms with E-state index < -0.39 is 12.1 Å². The van der Waals surface area contributed by atoms with Crippen molar-refractivity contribution in [2.24, 2.45) is 0 Å². The number of ether oxygens (including phenoxy) is 2. The van der Waals surface area contributed by atoms with Crippen LogP contribution in [0.3, 0.4) is 0 Å². The van der Waals surface area contributed by atoms with Crippen LogP contribution in [0.4, 0.5) is 0 Å². The Balaban J connectivity index is 2.08. The van der Waals surface area contributed by atoms with Crippen LogP contribution in [0.5, 0.6) is 5.75 Å². The van der Waals surface area contributed by atoms with Crippen molar-refractivity contribution >= 4 is 27.8 Å². The summed E-state index contributed by atoms with van der Waals surface area (Å²) in [6, 6.07) is 5.45. The largest absolute Gasteiger partial charge is 0.478 e. The lowest BCUT2D eigenvalue weighted by molar-refractivity contribution is -0.129. The number of hydrogen-bond acceptors (Lipinski definition) is 5. The highest BCUT2D eigenvalue weighted by Crippen LogP contribution is 2.35. The van der Waals surface area contributed by atoms with Gasteiger partial charge in [-0.25, -0.2) is 9.78 Å². The van der Waals surface area contributed by atoms with Gasteiger partial charge in [0.15, 0.2) is 11.8 Å². The minimum atomic E-state index is -0.733. The molecule has 1 aliphatic heterocycles. The van der Waals surface area contributed by atoms with E-state index in [0.717, 1.165) is 4.47 Å². The third kappa shape index (κ3) is 3.53. The summed E-state index contributed by atoms with van der Waals surface area (Å²) in [6.45, 7) is 4.01. The van der Waals surface area contributed by atoms with E-state index in [0.29, 0.717) is 17.1 Å². The van der Waals surface area contributed by atoms with Gasteiger partial charge >= 0.3 is 5.97 Å². The van der Waals surface area contributed by atoms with Gasteiger partial charge in [-0.1, -0.05) is 15.9 Å². The number of methoxy groups -OCH3 is 1. The van der Waals surface area contributed by atoms with Crippen molar-refractivity contribution < 1.29 is 19.1 Å². The Morgan fingerprint density at radius 1 is 1.44 bits per heavy atom. The molecule has 0 bridgehead atoms. The lowest BCUT2D eigenvalue weighted by Gasteiger charge is -2.19. The Morgan fingerprint density at radius 2 is 2.20 bits per heavy atom. The summed E-state index contributed by atoms with van der Waals surface area (Å²) in [4.78, 5) is 28.7. The minimum absolute atomic E-state index is 0.00312. The van der Waals surface area contributed by atoms with E-state index in [4.69, 9.17) is 9.47 Å². The van der Waals surface area contributed by atoms with E-state index in [-0.39, 0.29) is 24.2 Å². The summed E-state index contributed by atoms with van der Waals surface area (Å²) in [5.41, 5.74) is 0.887. The number of carbonyl (C=O) groups excluding carboxylic acids is 2. The first-order valence-corrected chi connectivity index (χ1v) is 8.60. The zero-order valence-electron chi connectivity index (χ0n) is 14.1. The van der Waals surface area contributed by atoms with Gasteiger partial charge in [0.05, 0.1) is 19.2 Å². The van der Waals surface area contributed by atoms with Gasteiger partial charge in [0.25, 0.3) is 5.91 Å². The molecule has 1 N–H and O–H groups in total. The molecule has 132 valence electrons. The molecule has 1 unspecified atom stereocenters. The maximum absolute atomic E-state index is 12.5. The third-order valence-corrected chi connectivity index (χ3v) is 4.20. The first-order valence-electron chi connectivity index (χ1n) is 7.81. The van der Waals surface area contributed by atoms with Gasteiger partial charge in [-0.2, -0.15) is 0 Å². The molecule has 3 rings (SSSR count). The zero-order valence-corrected chi connectivity index (χ0v) is 15.7. The molecule has 0 saturated heterocycles. The van der Waals surface area contributed by atoms with Crippen LogP contribution in [0.2, 0.25) is 0 Å². The maximum atomic E-state index is 12.5. The standard InChI is InChI=1S/C17H18BrN3O4/c1-9(2)19-16(22)14-8-21-7-12(17(23)24-3)20-15(21)11-6-10(18)4-5-13(11)25-14/h4-7,9,14H,8H2,1-3H3,(H,19,22). The molecule has 0 radical (unpaired) electrons. The predicted molar refractivity (Wildman–Crippen MR) is 94.4 cm³/mol. The van der Waals surface area contributed by atoms with Gasteiger partial charge < -0.3 is 19.4 Å². The molecule has 1 aliphatic rings. The number of rotatable bonds is 3. The van der Waals surface area contributed by atoms with Crippen LogP contribution in [0.1, 0.15) is 24.3 Å². The molecule has 0 aliphatic carbocycles. The summed E-state index contributed by atoms with van der Waals surface area (Å²) in [5.74, 6) is 0.343. The molecule has 2 aromatic rings. The highest BCUT2D eigenvalue weighted by atomic mass is 79.9. The number of nitrogens with one attached hydrogen (secondary N) is 1. The van der Waals surface area contributed by atoms with Crippen molar-refractivity contribution in [1.82, 2.24) is 14.9 Å². The molecule has 0 spiro atoms. The molecule has 7 nitrogen and oxygen atoms in total. The Labute approximate surface area is 153 Å². The summed E-state index contributed by atoms with van der Waals surface area (Å²) >= 11 is 3.43. The monoisotopic (exact) mass is 407 g/mol. The predicted octanol–water partition coefficient (Wildman–Crippen LogP) is 2.38. The van der Waals surface area contributed by atoms with Crippen molar-refractivity contribution in [2.45, 2.75) is 32.5 Å². The highest BCUT2D eigenvalue weighted by molar-refractivity contribution is 9.10. The number of esters is 1. The van der Waals surface area contributed by atoms with Crippen LogP contribution in [0.25, 0.3) is 11.4 Å². The number of carbonyl (C=O) groups is 2. The number of imidazole rings is 1. The number of nitrogens with zero attached hydrogens (tertiary/aromatic N) is 2. The molecule has 2 heterocycles. The Morgan fingerprint density at radius 3 is 2.88 bits per heavy atom. The number of benzene rings is 1. The van der Waals surface area contributed by atoms with Crippen molar-refractivity contribution in [3.8, 4) is 17.1 Å². The van der Waals surface area contributed by atoms with Gasteiger partial charge in [-0.3, -0.25) is 4.79 Å². The van der Waals surface area contributed by atoms with Gasteiger partial charge in [-0.05, 0) is 32.0 Å². The number of hydrogen-bond donors (Lipinski definition) is 1. The average Bonchev–Trinajstić information content (AvgIpc) is 2.91. The van der Waals surface area contributed by atoms with Crippen molar-refractivity contribution in [3.05, 3.63) is 34.6 Å². The van der Waals surface area contributed by atoms with Crippen molar-refractivity contribution in [2.75, 3.05) is 7.11 Å². The average molecular weight is 408 g/mol. The molecule has 0 saturated carbocycles. The molecule has 25 heavy (non-hydrogen) atoms. The second-order valence-corrected chi connectivity index (χ2v) is 6.92.